The van der Waals surface area contributed by atoms with Crippen molar-refractivity contribution in [3.05, 3.63) is 36.5 Å². The number of esters is 1. The molecule has 0 radical (unpaired) electrons. The first-order valence-corrected chi connectivity index (χ1v) is 36.3. The molecule has 0 aliphatic carbocycles. The Kier molecular flexibility index (Phi) is 67.9. The Morgan fingerprint density at radius 2 is 0.588 bits per heavy atom. The molecule has 0 spiro atoms. The minimum Gasteiger partial charge on any atom is -0.466 e. The van der Waals surface area contributed by atoms with Crippen molar-refractivity contribution < 1.29 is 24.5 Å². The molecule has 0 aromatic carbocycles. The second-order valence-corrected chi connectivity index (χ2v) is 24.9. The van der Waals surface area contributed by atoms with Crippen LogP contribution < -0.4 is 5.32 Å². The molecule has 0 aliphatic rings. The summed E-state index contributed by atoms with van der Waals surface area (Å²) in [5, 5.41) is 23.3. The van der Waals surface area contributed by atoms with Crippen LogP contribution >= 0.6 is 0 Å². The van der Waals surface area contributed by atoms with Gasteiger partial charge in [0.25, 0.3) is 0 Å². The van der Waals surface area contributed by atoms with Gasteiger partial charge in [-0.3, -0.25) is 9.59 Å². The number of aliphatic hydroxyl groups is 2. The standard InChI is InChI=1S/C74H141NO5/c1-3-5-7-9-11-13-15-17-19-21-22-23-24-26-29-32-35-38-42-46-50-54-58-62-66-72(77)71(70-76)75-73(78)67-63-59-55-51-47-43-39-36-33-30-27-25-28-31-34-37-41-45-49-53-57-61-65-69-80-74(79)68-64-60-56-52-48-44-40-20-18-16-14-12-10-8-6-4-2/h20,30,33,40,62,66,71-72,76-77H,3-19,21-29,31-32,34-39,41-61,63-65,67-70H2,1-2H3,(H,75,78)/b33-30-,40-20-,66-62+. The molecule has 2 atom stereocenters. The van der Waals surface area contributed by atoms with Crippen LogP contribution in [0.25, 0.3) is 0 Å². The largest absolute Gasteiger partial charge is 0.466 e. The van der Waals surface area contributed by atoms with E-state index in [4.69, 9.17) is 4.74 Å². The summed E-state index contributed by atoms with van der Waals surface area (Å²) in [6, 6.07) is -0.634. The number of hydrogen-bond donors (Lipinski definition) is 3. The van der Waals surface area contributed by atoms with Crippen molar-refractivity contribution in [2.45, 2.75) is 411 Å². The van der Waals surface area contributed by atoms with E-state index in [0.29, 0.717) is 19.4 Å². The monoisotopic (exact) mass is 1120 g/mol. The van der Waals surface area contributed by atoms with Gasteiger partial charge >= 0.3 is 5.97 Å². The molecular formula is C74H141NO5. The predicted octanol–water partition coefficient (Wildman–Crippen LogP) is 23.5. The minimum absolute atomic E-state index is 0.00426. The molecule has 0 heterocycles. The average molecular weight is 1120 g/mol. The summed E-state index contributed by atoms with van der Waals surface area (Å²) >= 11 is 0. The summed E-state index contributed by atoms with van der Waals surface area (Å²) in [4.78, 5) is 24.6. The minimum atomic E-state index is -0.850. The maximum atomic E-state index is 12.5. The van der Waals surface area contributed by atoms with E-state index in [1.54, 1.807) is 6.08 Å². The van der Waals surface area contributed by atoms with Crippen LogP contribution in [0, 0.1) is 0 Å². The molecule has 472 valence electrons. The summed E-state index contributed by atoms with van der Waals surface area (Å²) in [5.74, 6) is -0.0661. The number of nitrogens with one attached hydrogen (secondary N) is 1. The first kappa shape index (κ1) is 78.1. The van der Waals surface area contributed by atoms with E-state index in [9.17, 15) is 19.8 Å². The Morgan fingerprint density at radius 1 is 0.338 bits per heavy atom. The van der Waals surface area contributed by atoms with Crippen molar-refractivity contribution in [1.29, 1.82) is 0 Å². The fraction of sp³-hybridized carbons (Fsp3) is 0.892. The molecule has 0 bridgehead atoms. The molecule has 0 aromatic rings. The van der Waals surface area contributed by atoms with Gasteiger partial charge < -0.3 is 20.3 Å². The molecule has 0 fully saturated rings. The molecule has 0 saturated heterocycles. The number of aliphatic hydroxyl groups excluding tert-OH is 2. The van der Waals surface area contributed by atoms with E-state index in [1.807, 2.05) is 6.08 Å². The highest BCUT2D eigenvalue weighted by Gasteiger charge is 2.18. The van der Waals surface area contributed by atoms with Gasteiger partial charge in [-0.05, 0) is 83.5 Å². The average Bonchev–Trinajstić information content (AvgIpc) is 3.46. The van der Waals surface area contributed by atoms with E-state index >= 15 is 0 Å². The molecule has 3 N–H and O–H groups in total. The Balaban J connectivity index is 3.44. The molecule has 2 unspecified atom stereocenters. The highest BCUT2D eigenvalue weighted by molar-refractivity contribution is 5.76. The van der Waals surface area contributed by atoms with Gasteiger partial charge in [0, 0.05) is 12.8 Å². The topological polar surface area (TPSA) is 95.9 Å². The van der Waals surface area contributed by atoms with E-state index in [2.05, 4.69) is 43.5 Å². The zero-order valence-corrected chi connectivity index (χ0v) is 54.1. The zero-order chi connectivity index (χ0) is 57.8. The van der Waals surface area contributed by atoms with Gasteiger partial charge in [0.05, 0.1) is 25.4 Å². The number of ether oxygens (including phenoxy) is 1. The van der Waals surface area contributed by atoms with Crippen LogP contribution in [0.5, 0.6) is 0 Å². The Hall–Kier alpha value is -1.92. The van der Waals surface area contributed by atoms with E-state index in [1.165, 1.54) is 321 Å². The third-order valence-corrected chi connectivity index (χ3v) is 16.9. The van der Waals surface area contributed by atoms with Gasteiger partial charge in [0.1, 0.15) is 0 Å². The number of hydrogen-bond acceptors (Lipinski definition) is 5. The highest BCUT2D eigenvalue weighted by Crippen LogP contribution is 2.18. The van der Waals surface area contributed by atoms with E-state index in [0.717, 1.165) is 51.4 Å². The molecule has 0 aliphatic heterocycles. The second-order valence-electron chi connectivity index (χ2n) is 24.9. The number of unbranched alkanes of at least 4 members (excludes halogenated alkanes) is 53. The predicted molar refractivity (Wildman–Crippen MR) is 352 cm³/mol. The van der Waals surface area contributed by atoms with Crippen LogP contribution in [0.15, 0.2) is 36.5 Å². The van der Waals surface area contributed by atoms with Crippen molar-refractivity contribution in [2.75, 3.05) is 13.2 Å². The molecule has 6 nitrogen and oxygen atoms in total. The quantitative estimate of drug-likeness (QED) is 0.0320. The molecule has 80 heavy (non-hydrogen) atoms. The van der Waals surface area contributed by atoms with Crippen molar-refractivity contribution in [2.24, 2.45) is 0 Å². The lowest BCUT2D eigenvalue weighted by Crippen LogP contribution is -2.45. The maximum absolute atomic E-state index is 12.5. The molecule has 6 heteroatoms. The first-order valence-electron chi connectivity index (χ1n) is 36.3. The third-order valence-electron chi connectivity index (χ3n) is 16.9. The number of allylic oxidation sites excluding steroid dienone is 5. The van der Waals surface area contributed by atoms with Crippen LogP contribution in [0.3, 0.4) is 0 Å². The fourth-order valence-corrected chi connectivity index (χ4v) is 11.3. The van der Waals surface area contributed by atoms with E-state index < -0.39 is 12.1 Å². The van der Waals surface area contributed by atoms with Gasteiger partial charge in [-0.1, -0.05) is 339 Å². The van der Waals surface area contributed by atoms with Crippen LogP contribution in [0.1, 0.15) is 399 Å². The smallest absolute Gasteiger partial charge is 0.305 e. The Bertz CT molecular complexity index is 1300. The number of carbonyl (C=O) groups is 2. The summed E-state index contributed by atoms with van der Waals surface area (Å²) in [6.07, 6.45) is 89.4. The second kappa shape index (κ2) is 69.6. The maximum Gasteiger partial charge on any atom is 0.305 e. The zero-order valence-electron chi connectivity index (χ0n) is 54.1. The van der Waals surface area contributed by atoms with Gasteiger partial charge in [0.2, 0.25) is 5.91 Å². The van der Waals surface area contributed by atoms with Crippen LogP contribution in [-0.2, 0) is 14.3 Å². The number of rotatable bonds is 68. The van der Waals surface area contributed by atoms with Gasteiger partial charge in [0.15, 0.2) is 0 Å². The molecule has 0 aromatic heterocycles. The lowest BCUT2D eigenvalue weighted by atomic mass is 10.0. The van der Waals surface area contributed by atoms with Gasteiger partial charge in [-0.25, -0.2) is 0 Å². The van der Waals surface area contributed by atoms with Crippen molar-refractivity contribution in [3.63, 3.8) is 0 Å². The van der Waals surface area contributed by atoms with Crippen LogP contribution in [0.2, 0.25) is 0 Å². The summed E-state index contributed by atoms with van der Waals surface area (Å²) in [7, 11) is 0. The SMILES string of the molecule is CCCCCCCCC/C=C\CCCCCCCC(=O)OCCCCCCCCCCCCCC/C=C\CCCCCCCCCC(=O)NC(CO)C(O)/C=C/CCCCCCCCCCCCCCCCCCCCCCCC. The van der Waals surface area contributed by atoms with Gasteiger partial charge in [-0.15, -0.1) is 0 Å². The van der Waals surface area contributed by atoms with Crippen molar-refractivity contribution in [3.8, 4) is 0 Å². The lowest BCUT2D eigenvalue weighted by Gasteiger charge is -2.20. The van der Waals surface area contributed by atoms with Crippen molar-refractivity contribution in [1.82, 2.24) is 5.32 Å². The van der Waals surface area contributed by atoms with E-state index in [-0.39, 0.29) is 18.5 Å². The van der Waals surface area contributed by atoms with Crippen LogP contribution in [0.4, 0.5) is 0 Å². The summed E-state index contributed by atoms with van der Waals surface area (Å²) in [6.45, 7) is 4.93. The Morgan fingerprint density at radius 3 is 0.887 bits per heavy atom. The molecule has 1 amide bonds. The fourth-order valence-electron chi connectivity index (χ4n) is 11.3. The first-order chi connectivity index (χ1) is 39.5. The summed E-state index contributed by atoms with van der Waals surface area (Å²) < 4.78 is 5.49. The molecule has 0 rings (SSSR count). The van der Waals surface area contributed by atoms with Crippen molar-refractivity contribution >= 4 is 11.9 Å². The third kappa shape index (κ3) is 65.2. The highest BCUT2D eigenvalue weighted by atomic mass is 16.5. The van der Waals surface area contributed by atoms with Crippen LogP contribution in [-0.4, -0.2) is 47.4 Å². The molecule has 0 saturated carbocycles. The Labute approximate surface area is 500 Å². The normalized spacial score (nSPS) is 12.7. The lowest BCUT2D eigenvalue weighted by molar-refractivity contribution is -0.143. The number of carbonyl (C=O) groups excluding carboxylic acids is 2. The number of amides is 1. The van der Waals surface area contributed by atoms with Gasteiger partial charge in [-0.2, -0.15) is 0 Å². The molecular weight excluding hydrogens is 983 g/mol. The summed E-state index contributed by atoms with van der Waals surface area (Å²) in [5.41, 5.74) is 0.